The van der Waals surface area contributed by atoms with Crippen LogP contribution < -0.4 is 0 Å². The van der Waals surface area contributed by atoms with E-state index < -0.39 is 0 Å². The number of hydrogen-bond acceptors (Lipinski definition) is 2. The smallest absolute Gasteiger partial charge is 0.0938 e. The largest absolute Gasteiger partial charge is 0.150 e. The molecule has 3 heteroatoms. The fourth-order valence-corrected chi connectivity index (χ4v) is 1.89. The predicted molar refractivity (Wildman–Crippen MR) is 77.5 cm³/mol. The Hall–Kier alpha value is -1.93. The van der Waals surface area contributed by atoms with E-state index in [1.54, 1.807) is 12.1 Å². The third kappa shape index (κ3) is 2.49. The molecule has 0 bridgehead atoms. The Morgan fingerprint density at radius 3 is 2.72 bits per heavy atom. The molecule has 0 aliphatic rings. The predicted octanol–water partition coefficient (Wildman–Crippen LogP) is 4.43. The minimum atomic E-state index is 0.686. The number of halogens is 1. The van der Waals surface area contributed by atoms with Gasteiger partial charge in [0, 0.05) is 16.0 Å². The van der Waals surface area contributed by atoms with Crippen molar-refractivity contribution in [3.8, 4) is 0 Å². The number of fused-ring (bicyclic) bond motifs is 1. The SMILES string of the molecule is C=C/C=C(\C(=C)C)c1cc2cc(Cl)ccc2nn1. The van der Waals surface area contributed by atoms with Crippen molar-refractivity contribution in [3.05, 3.63) is 65.9 Å². The van der Waals surface area contributed by atoms with E-state index in [0.717, 1.165) is 27.7 Å². The van der Waals surface area contributed by atoms with E-state index in [4.69, 9.17) is 11.6 Å². The molecule has 0 N–H and O–H groups in total. The zero-order valence-corrected chi connectivity index (χ0v) is 10.9. The van der Waals surface area contributed by atoms with Gasteiger partial charge in [-0.15, -0.1) is 10.2 Å². The van der Waals surface area contributed by atoms with Crippen LogP contribution in [0.1, 0.15) is 12.6 Å². The van der Waals surface area contributed by atoms with Crippen LogP contribution in [0, 0.1) is 0 Å². The van der Waals surface area contributed by atoms with Crippen molar-refractivity contribution in [3.63, 3.8) is 0 Å². The summed E-state index contributed by atoms with van der Waals surface area (Å²) in [5.41, 5.74) is 3.45. The van der Waals surface area contributed by atoms with E-state index in [-0.39, 0.29) is 0 Å². The molecule has 1 aromatic heterocycles. The lowest BCUT2D eigenvalue weighted by molar-refractivity contribution is 1.05. The van der Waals surface area contributed by atoms with E-state index in [0.29, 0.717) is 5.02 Å². The lowest BCUT2D eigenvalue weighted by Gasteiger charge is -2.06. The Labute approximate surface area is 111 Å². The van der Waals surface area contributed by atoms with Gasteiger partial charge in [0.05, 0.1) is 11.2 Å². The molecule has 0 amide bonds. The molecule has 0 saturated heterocycles. The molecule has 2 aromatic rings. The standard InChI is InChI=1S/C15H13ClN2/c1-4-5-13(10(2)3)15-9-11-8-12(16)6-7-14(11)17-18-15/h4-9H,1-2H2,3H3/b13-5+. The zero-order chi connectivity index (χ0) is 13.1. The molecule has 0 atom stereocenters. The summed E-state index contributed by atoms with van der Waals surface area (Å²) in [7, 11) is 0. The first-order chi connectivity index (χ1) is 8.61. The first-order valence-electron chi connectivity index (χ1n) is 5.54. The Balaban J connectivity index is 2.61. The first kappa shape index (κ1) is 12.5. The van der Waals surface area contributed by atoms with Gasteiger partial charge in [0.15, 0.2) is 0 Å². The average molecular weight is 257 g/mol. The maximum absolute atomic E-state index is 5.98. The molecule has 1 aromatic carbocycles. The molecule has 0 radical (unpaired) electrons. The maximum Gasteiger partial charge on any atom is 0.0938 e. The lowest BCUT2D eigenvalue weighted by atomic mass is 10.0. The van der Waals surface area contributed by atoms with E-state index in [2.05, 4.69) is 23.4 Å². The van der Waals surface area contributed by atoms with Crippen LogP contribution in [0.3, 0.4) is 0 Å². The van der Waals surface area contributed by atoms with Gasteiger partial charge in [-0.3, -0.25) is 0 Å². The molecule has 0 fully saturated rings. The molecule has 0 spiro atoms. The molecular weight excluding hydrogens is 244 g/mol. The molecule has 0 unspecified atom stereocenters. The molecular formula is C15H13ClN2. The minimum absolute atomic E-state index is 0.686. The normalized spacial score (nSPS) is 11.6. The quantitative estimate of drug-likeness (QED) is 0.760. The second-order valence-electron chi connectivity index (χ2n) is 4.03. The van der Waals surface area contributed by atoms with Crippen LogP contribution in [0.4, 0.5) is 0 Å². The van der Waals surface area contributed by atoms with Gasteiger partial charge >= 0.3 is 0 Å². The van der Waals surface area contributed by atoms with Gasteiger partial charge in [0.1, 0.15) is 0 Å². The molecule has 1 heterocycles. The summed E-state index contributed by atoms with van der Waals surface area (Å²) in [5.74, 6) is 0. The van der Waals surface area contributed by atoms with Crippen molar-refractivity contribution >= 4 is 28.1 Å². The molecule has 0 saturated carbocycles. The third-order valence-corrected chi connectivity index (χ3v) is 2.80. The number of benzene rings is 1. The zero-order valence-electron chi connectivity index (χ0n) is 10.2. The Morgan fingerprint density at radius 2 is 2.06 bits per heavy atom. The van der Waals surface area contributed by atoms with Crippen LogP contribution in [0.25, 0.3) is 16.5 Å². The number of nitrogens with zero attached hydrogens (tertiary/aromatic N) is 2. The highest BCUT2D eigenvalue weighted by Crippen LogP contribution is 2.23. The summed E-state index contributed by atoms with van der Waals surface area (Å²) in [6.45, 7) is 9.57. The fraction of sp³-hybridized carbons (Fsp3) is 0.0667. The Morgan fingerprint density at radius 1 is 1.28 bits per heavy atom. The van der Waals surface area contributed by atoms with Gasteiger partial charge in [-0.2, -0.15) is 0 Å². The summed E-state index contributed by atoms with van der Waals surface area (Å²) in [6.07, 6.45) is 3.59. The van der Waals surface area contributed by atoms with Gasteiger partial charge < -0.3 is 0 Å². The molecule has 18 heavy (non-hydrogen) atoms. The highest BCUT2D eigenvalue weighted by atomic mass is 35.5. The van der Waals surface area contributed by atoms with Gasteiger partial charge in [-0.25, -0.2) is 0 Å². The summed E-state index contributed by atoms with van der Waals surface area (Å²) in [4.78, 5) is 0. The first-order valence-corrected chi connectivity index (χ1v) is 5.91. The van der Waals surface area contributed by atoms with Crippen molar-refractivity contribution in [1.29, 1.82) is 0 Å². The second kappa shape index (κ2) is 5.15. The summed E-state index contributed by atoms with van der Waals surface area (Å²) in [5, 5.41) is 10.0. The minimum Gasteiger partial charge on any atom is -0.150 e. The van der Waals surface area contributed by atoms with Gasteiger partial charge in [0.25, 0.3) is 0 Å². The Kier molecular flexibility index (Phi) is 3.58. The van der Waals surface area contributed by atoms with Crippen molar-refractivity contribution in [2.75, 3.05) is 0 Å². The van der Waals surface area contributed by atoms with Crippen molar-refractivity contribution in [2.24, 2.45) is 0 Å². The van der Waals surface area contributed by atoms with Crippen molar-refractivity contribution in [1.82, 2.24) is 10.2 Å². The van der Waals surface area contributed by atoms with Crippen LogP contribution in [0.15, 0.2) is 55.1 Å². The fourth-order valence-electron chi connectivity index (χ4n) is 1.71. The van der Waals surface area contributed by atoms with Crippen molar-refractivity contribution in [2.45, 2.75) is 6.92 Å². The molecule has 0 aliphatic heterocycles. The molecule has 90 valence electrons. The lowest BCUT2D eigenvalue weighted by Crippen LogP contribution is -1.94. The molecule has 0 aliphatic carbocycles. The van der Waals surface area contributed by atoms with E-state index >= 15 is 0 Å². The van der Waals surface area contributed by atoms with Crippen LogP contribution >= 0.6 is 11.6 Å². The topological polar surface area (TPSA) is 25.8 Å². The highest BCUT2D eigenvalue weighted by Gasteiger charge is 2.06. The number of rotatable bonds is 3. The van der Waals surface area contributed by atoms with Crippen molar-refractivity contribution < 1.29 is 0 Å². The third-order valence-electron chi connectivity index (χ3n) is 2.57. The number of hydrogen-bond donors (Lipinski definition) is 0. The molecule has 2 rings (SSSR count). The van der Waals surface area contributed by atoms with Crippen LogP contribution in [0.5, 0.6) is 0 Å². The summed E-state index contributed by atoms with van der Waals surface area (Å²) < 4.78 is 0. The maximum atomic E-state index is 5.98. The summed E-state index contributed by atoms with van der Waals surface area (Å²) in [6, 6.07) is 7.49. The van der Waals surface area contributed by atoms with E-state index in [9.17, 15) is 0 Å². The van der Waals surface area contributed by atoms with E-state index in [1.807, 2.05) is 31.2 Å². The van der Waals surface area contributed by atoms with Gasteiger partial charge in [-0.05, 0) is 36.8 Å². The van der Waals surface area contributed by atoms with Crippen LogP contribution in [-0.2, 0) is 0 Å². The number of aromatic nitrogens is 2. The monoisotopic (exact) mass is 256 g/mol. The molecule has 2 nitrogen and oxygen atoms in total. The Bertz CT molecular complexity index is 657. The number of allylic oxidation sites excluding steroid dienone is 4. The summed E-state index contributed by atoms with van der Waals surface area (Å²) >= 11 is 5.98. The van der Waals surface area contributed by atoms with Gasteiger partial charge in [-0.1, -0.05) is 36.9 Å². The average Bonchev–Trinajstić information content (AvgIpc) is 2.34. The van der Waals surface area contributed by atoms with E-state index in [1.165, 1.54) is 0 Å². The van der Waals surface area contributed by atoms with Gasteiger partial charge in [0.2, 0.25) is 0 Å². The van der Waals surface area contributed by atoms with Crippen LogP contribution in [-0.4, -0.2) is 10.2 Å². The highest BCUT2D eigenvalue weighted by molar-refractivity contribution is 6.31. The second-order valence-corrected chi connectivity index (χ2v) is 4.47. The van der Waals surface area contributed by atoms with Crippen LogP contribution in [0.2, 0.25) is 5.02 Å².